The first-order valence-corrected chi connectivity index (χ1v) is 5.49. The second-order valence-corrected chi connectivity index (χ2v) is 3.71. The Labute approximate surface area is 107 Å². The lowest BCUT2D eigenvalue weighted by Gasteiger charge is -2.04. The first-order valence-electron chi connectivity index (χ1n) is 5.49. The predicted octanol–water partition coefficient (Wildman–Crippen LogP) is 1.90. The Hall–Kier alpha value is -2.44. The normalized spacial score (nSPS) is 10.4. The molecule has 0 radical (unpaired) electrons. The first-order chi connectivity index (χ1) is 9.11. The molecule has 0 spiro atoms. The Kier molecular flexibility index (Phi) is 3.74. The van der Waals surface area contributed by atoms with Gasteiger partial charge < -0.3 is 14.3 Å². The van der Waals surface area contributed by atoms with E-state index in [0.717, 1.165) is 0 Å². The number of methoxy groups -OCH3 is 1. The van der Waals surface area contributed by atoms with Crippen molar-refractivity contribution in [1.82, 2.24) is 10.2 Å². The summed E-state index contributed by atoms with van der Waals surface area (Å²) in [7, 11) is 1.40. The van der Waals surface area contributed by atoms with Crippen molar-refractivity contribution in [2.45, 2.75) is 12.8 Å². The van der Waals surface area contributed by atoms with E-state index in [1.54, 1.807) is 6.07 Å². The third-order valence-corrected chi connectivity index (χ3v) is 2.43. The van der Waals surface area contributed by atoms with Gasteiger partial charge in [-0.1, -0.05) is 6.07 Å². The summed E-state index contributed by atoms with van der Waals surface area (Å²) >= 11 is 0. The summed E-state index contributed by atoms with van der Waals surface area (Å²) in [5.41, 5.74) is 0.0686. The average molecular weight is 266 g/mol. The maximum Gasteiger partial charge on any atom is 0.303 e. The van der Waals surface area contributed by atoms with E-state index in [4.69, 9.17) is 14.3 Å². The maximum absolute atomic E-state index is 13.7. The minimum absolute atomic E-state index is 0.0321. The topological polar surface area (TPSA) is 85.5 Å². The van der Waals surface area contributed by atoms with Crippen molar-refractivity contribution in [1.29, 1.82) is 0 Å². The lowest BCUT2D eigenvalue weighted by atomic mass is 10.2. The van der Waals surface area contributed by atoms with Gasteiger partial charge in [-0.05, 0) is 12.1 Å². The number of aryl methyl sites for hydroxylation is 1. The monoisotopic (exact) mass is 266 g/mol. The molecule has 7 heteroatoms. The summed E-state index contributed by atoms with van der Waals surface area (Å²) in [5, 5.41) is 15.9. The van der Waals surface area contributed by atoms with Crippen molar-refractivity contribution >= 4 is 5.97 Å². The van der Waals surface area contributed by atoms with Crippen molar-refractivity contribution in [3.63, 3.8) is 0 Å². The summed E-state index contributed by atoms with van der Waals surface area (Å²) < 4.78 is 24.0. The first kappa shape index (κ1) is 13.0. The van der Waals surface area contributed by atoms with Gasteiger partial charge in [0, 0.05) is 6.42 Å². The molecule has 0 aliphatic rings. The van der Waals surface area contributed by atoms with Gasteiger partial charge >= 0.3 is 5.97 Å². The minimum atomic E-state index is -0.969. The van der Waals surface area contributed by atoms with Crippen LogP contribution < -0.4 is 4.74 Å². The number of hydrogen-bond acceptors (Lipinski definition) is 5. The highest BCUT2D eigenvalue weighted by Gasteiger charge is 2.18. The molecule has 1 aromatic heterocycles. The second-order valence-electron chi connectivity index (χ2n) is 3.71. The van der Waals surface area contributed by atoms with Gasteiger partial charge in [-0.25, -0.2) is 4.39 Å². The third-order valence-electron chi connectivity index (χ3n) is 2.43. The van der Waals surface area contributed by atoms with Crippen molar-refractivity contribution < 1.29 is 23.4 Å². The number of nitrogens with zero attached hydrogens (tertiary/aromatic N) is 2. The molecular formula is C12H11FN2O4. The average Bonchev–Trinajstić information content (AvgIpc) is 2.84. The minimum Gasteiger partial charge on any atom is -0.496 e. The van der Waals surface area contributed by atoms with Crippen LogP contribution in [-0.4, -0.2) is 28.4 Å². The summed E-state index contributed by atoms with van der Waals surface area (Å²) in [6.45, 7) is 0. The number of aliphatic carboxylic acids is 1. The van der Waals surface area contributed by atoms with Gasteiger partial charge in [0.15, 0.2) is 0 Å². The molecule has 100 valence electrons. The number of aromatic nitrogens is 2. The Bertz CT molecular complexity index is 597. The molecule has 0 amide bonds. The molecule has 0 bridgehead atoms. The molecule has 19 heavy (non-hydrogen) atoms. The zero-order chi connectivity index (χ0) is 13.8. The summed E-state index contributed by atoms with van der Waals surface area (Å²) in [5.74, 6) is -1.14. The molecule has 2 rings (SSSR count). The Morgan fingerprint density at radius 3 is 2.95 bits per heavy atom. The quantitative estimate of drug-likeness (QED) is 0.889. The molecule has 0 aliphatic carbocycles. The molecule has 0 atom stereocenters. The molecular weight excluding hydrogens is 255 g/mol. The van der Waals surface area contributed by atoms with E-state index >= 15 is 0 Å². The zero-order valence-corrected chi connectivity index (χ0v) is 10.1. The molecule has 0 aliphatic heterocycles. The fourth-order valence-corrected chi connectivity index (χ4v) is 1.55. The highest BCUT2D eigenvalue weighted by atomic mass is 19.1. The van der Waals surface area contributed by atoms with E-state index in [1.165, 1.54) is 19.2 Å². The molecule has 1 aromatic carbocycles. The summed E-state index contributed by atoms with van der Waals surface area (Å²) in [4.78, 5) is 10.4. The molecule has 1 heterocycles. The van der Waals surface area contributed by atoms with Crippen LogP contribution in [0.15, 0.2) is 22.6 Å². The lowest BCUT2D eigenvalue weighted by Crippen LogP contribution is -1.97. The van der Waals surface area contributed by atoms with Crippen molar-refractivity contribution in [3.05, 3.63) is 29.9 Å². The van der Waals surface area contributed by atoms with Crippen LogP contribution in [0.2, 0.25) is 0 Å². The smallest absolute Gasteiger partial charge is 0.303 e. The maximum atomic E-state index is 13.7. The van der Waals surface area contributed by atoms with Gasteiger partial charge in [-0.15, -0.1) is 10.2 Å². The standard InChI is InChI=1S/C12H11FN2O4/c1-18-8-4-2-3-7(13)11(8)12-15-14-9(19-12)5-6-10(16)17/h2-4H,5-6H2,1H3,(H,16,17). The van der Waals surface area contributed by atoms with Crippen LogP contribution in [0.1, 0.15) is 12.3 Å². The van der Waals surface area contributed by atoms with Crippen LogP contribution in [0.4, 0.5) is 4.39 Å². The highest BCUT2D eigenvalue weighted by Crippen LogP contribution is 2.31. The van der Waals surface area contributed by atoms with Crippen LogP contribution >= 0.6 is 0 Å². The number of carbonyl (C=O) groups is 1. The molecule has 1 N–H and O–H groups in total. The number of hydrogen-bond donors (Lipinski definition) is 1. The highest BCUT2D eigenvalue weighted by molar-refractivity contribution is 5.67. The Morgan fingerprint density at radius 2 is 2.26 bits per heavy atom. The van der Waals surface area contributed by atoms with E-state index in [9.17, 15) is 9.18 Å². The number of carboxylic acids is 1. The van der Waals surface area contributed by atoms with E-state index in [-0.39, 0.29) is 35.9 Å². The van der Waals surface area contributed by atoms with Crippen molar-refractivity contribution in [3.8, 4) is 17.2 Å². The van der Waals surface area contributed by atoms with Crippen LogP contribution in [0.5, 0.6) is 5.75 Å². The van der Waals surface area contributed by atoms with Crippen LogP contribution in [0.25, 0.3) is 11.5 Å². The van der Waals surface area contributed by atoms with Gasteiger partial charge in [0.1, 0.15) is 17.1 Å². The zero-order valence-electron chi connectivity index (χ0n) is 10.1. The molecule has 0 fully saturated rings. The van der Waals surface area contributed by atoms with E-state index < -0.39 is 11.8 Å². The SMILES string of the molecule is COc1cccc(F)c1-c1nnc(CCC(=O)O)o1. The third kappa shape index (κ3) is 2.87. The second kappa shape index (κ2) is 5.47. The predicted molar refractivity (Wildman–Crippen MR) is 62.2 cm³/mol. The lowest BCUT2D eigenvalue weighted by molar-refractivity contribution is -0.137. The number of benzene rings is 1. The fraction of sp³-hybridized carbons (Fsp3) is 0.250. The number of rotatable bonds is 5. The van der Waals surface area contributed by atoms with Gasteiger partial charge in [-0.3, -0.25) is 4.79 Å². The number of ether oxygens (including phenoxy) is 1. The van der Waals surface area contributed by atoms with Gasteiger partial charge in [-0.2, -0.15) is 0 Å². The molecule has 0 saturated heterocycles. The van der Waals surface area contributed by atoms with E-state index in [2.05, 4.69) is 10.2 Å². The van der Waals surface area contributed by atoms with Crippen LogP contribution in [-0.2, 0) is 11.2 Å². The van der Waals surface area contributed by atoms with Crippen molar-refractivity contribution in [2.24, 2.45) is 0 Å². The fourth-order valence-electron chi connectivity index (χ4n) is 1.55. The van der Waals surface area contributed by atoms with E-state index in [1.807, 2.05) is 0 Å². The summed E-state index contributed by atoms with van der Waals surface area (Å²) in [6.07, 6.45) is -0.0326. The van der Waals surface area contributed by atoms with Crippen LogP contribution in [0, 0.1) is 5.82 Å². The molecule has 6 nitrogen and oxygen atoms in total. The largest absolute Gasteiger partial charge is 0.496 e. The number of halogens is 1. The van der Waals surface area contributed by atoms with Crippen molar-refractivity contribution in [2.75, 3.05) is 7.11 Å². The molecule has 0 unspecified atom stereocenters. The van der Waals surface area contributed by atoms with Gasteiger partial charge in [0.25, 0.3) is 5.89 Å². The van der Waals surface area contributed by atoms with E-state index in [0.29, 0.717) is 0 Å². The molecule has 2 aromatic rings. The Balaban J connectivity index is 2.30. The van der Waals surface area contributed by atoms with Gasteiger partial charge in [0.05, 0.1) is 13.5 Å². The van der Waals surface area contributed by atoms with Gasteiger partial charge in [0.2, 0.25) is 5.89 Å². The van der Waals surface area contributed by atoms with Crippen LogP contribution in [0.3, 0.4) is 0 Å². The molecule has 0 saturated carbocycles. The number of carboxylic acid groups (broad SMARTS) is 1. The summed E-state index contributed by atoms with van der Waals surface area (Å²) in [6, 6.07) is 4.32. The Morgan fingerprint density at radius 1 is 1.47 bits per heavy atom.